The van der Waals surface area contributed by atoms with E-state index in [1.165, 1.54) is 37.6 Å². The van der Waals surface area contributed by atoms with Gasteiger partial charge >= 0.3 is 5.97 Å². The Kier molecular flexibility index (Phi) is 22.9. The number of nitrogens with one attached hydrogen (secondary N) is 3. The standard InChI is InChI=1S/C57H77N7O9/c1-6-7-8-9-10-12-16-40-21-24-45(37(2)33-40)54(67)63-48(27-28-58)56(69)64(5)52-42-23-26-51(72-32-30-60)47(36-42)46-35-41(22-25-50(46)71-31-29-59)34-43(17-15-20-49(65)38(3)61-55(52)68)53(66)62-39(4)57(70)73-44-18-13-11-14-19-44/h11,13-14,18-19,21-26,33,35-36,38-39,43,48,52H,6-10,12,15-17,20,27-32,34,58-60H2,1-5H3,(H,61,68)(H,62,66)(H,63,67)/t38-,39-,43-,48-,52-/m0/s1. The number of hydrogen-bond acceptors (Lipinski definition) is 12. The molecule has 5 rings (SSSR count). The van der Waals surface area contributed by atoms with E-state index in [1.807, 2.05) is 31.2 Å². The molecule has 4 bridgehead atoms. The van der Waals surface area contributed by atoms with Crippen molar-refractivity contribution in [2.75, 3.05) is 39.9 Å². The Balaban J connectivity index is 1.51. The minimum atomic E-state index is -1.32. The summed E-state index contributed by atoms with van der Waals surface area (Å²) in [5.41, 5.74) is 22.4. The zero-order valence-electron chi connectivity index (χ0n) is 43.3. The number of nitrogens with two attached hydrogens (primary N) is 3. The number of likely N-dealkylation sites (N-methyl/N-ethyl adjacent to an activating group) is 1. The lowest BCUT2D eigenvalue weighted by Crippen LogP contribution is -2.52. The van der Waals surface area contributed by atoms with E-state index in [4.69, 9.17) is 31.4 Å². The second-order valence-corrected chi connectivity index (χ2v) is 18.9. The van der Waals surface area contributed by atoms with Crippen molar-refractivity contribution in [3.8, 4) is 28.4 Å². The van der Waals surface area contributed by atoms with Gasteiger partial charge in [0, 0.05) is 49.2 Å². The minimum Gasteiger partial charge on any atom is -0.492 e. The van der Waals surface area contributed by atoms with Crippen LogP contribution in [0, 0.1) is 12.8 Å². The van der Waals surface area contributed by atoms with E-state index in [0.29, 0.717) is 39.5 Å². The average molecular weight is 1000 g/mol. The number of Topliss-reactive ketones (excluding diaryl/α,β-unsaturated/α-hetero) is 1. The van der Waals surface area contributed by atoms with Crippen LogP contribution in [-0.4, -0.2) is 98.3 Å². The summed E-state index contributed by atoms with van der Waals surface area (Å²) >= 11 is 0. The van der Waals surface area contributed by atoms with Gasteiger partial charge in [0.15, 0.2) is 5.78 Å². The van der Waals surface area contributed by atoms with Crippen molar-refractivity contribution in [1.29, 1.82) is 0 Å². The molecule has 0 unspecified atom stereocenters. The first-order chi connectivity index (χ1) is 35.2. The Morgan fingerprint density at radius 1 is 0.808 bits per heavy atom. The van der Waals surface area contributed by atoms with E-state index < -0.39 is 59.7 Å². The SMILES string of the molecule is CCCCCCCCc1ccc(C(=O)N[C@@H](CCN)C(=O)N(C)[C@@H]2C(=O)N[C@@H](C)C(=O)CCC[C@H](C(=O)N[C@@H](C)C(=O)Oc3ccccc3)Cc3ccc(OCCN)c(c3)-c3cc2ccc3OCCN)c(C)c1. The zero-order chi connectivity index (χ0) is 52.9. The molecule has 4 amide bonds. The molecule has 0 aliphatic carbocycles. The quantitative estimate of drug-likeness (QED) is 0.0268. The molecule has 16 nitrogen and oxygen atoms in total. The number of esters is 1. The van der Waals surface area contributed by atoms with E-state index >= 15 is 0 Å². The van der Waals surface area contributed by atoms with Gasteiger partial charge in [-0.2, -0.15) is 0 Å². The maximum absolute atomic E-state index is 14.8. The van der Waals surface area contributed by atoms with Crippen molar-refractivity contribution in [3.05, 3.63) is 113 Å². The first-order valence-electron chi connectivity index (χ1n) is 25.9. The van der Waals surface area contributed by atoms with Crippen LogP contribution < -0.4 is 47.4 Å². The molecule has 0 radical (unpaired) electrons. The summed E-state index contributed by atoms with van der Waals surface area (Å²) in [4.78, 5) is 85.7. The van der Waals surface area contributed by atoms with Crippen molar-refractivity contribution in [2.24, 2.45) is 23.1 Å². The highest BCUT2D eigenvalue weighted by atomic mass is 16.5. The van der Waals surface area contributed by atoms with E-state index in [1.54, 1.807) is 74.5 Å². The van der Waals surface area contributed by atoms with Gasteiger partial charge in [-0.05, 0) is 131 Å². The molecule has 73 heavy (non-hydrogen) atoms. The van der Waals surface area contributed by atoms with Gasteiger partial charge in [-0.1, -0.05) is 81.5 Å². The molecular formula is C57H77N7O9. The molecule has 4 aromatic rings. The summed E-state index contributed by atoms with van der Waals surface area (Å²) in [5.74, 6) is -2.52. The molecular weight excluding hydrogens is 927 g/mol. The number of benzene rings is 4. The molecule has 1 aliphatic heterocycles. The number of rotatable bonds is 23. The number of hydrogen-bond donors (Lipinski definition) is 6. The summed E-state index contributed by atoms with van der Waals surface area (Å²) in [6.07, 6.45) is 8.86. The first-order valence-corrected chi connectivity index (χ1v) is 25.9. The summed E-state index contributed by atoms with van der Waals surface area (Å²) in [7, 11) is 1.48. The van der Waals surface area contributed by atoms with E-state index in [0.717, 1.165) is 36.0 Å². The van der Waals surface area contributed by atoms with Crippen LogP contribution in [0.4, 0.5) is 0 Å². The van der Waals surface area contributed by atoms with Crippen molar-refractivity contribution in [2.45, 2.75) is 129 Å². The number of unbranched alkanes of at least 4 members (excludes halogenated alkanes) is 5. The van der Waals surface area contributed by atoms with Crippen molar-refractivity contribution in [1.82, 2.24) is 20.9 Å². The van der Waals surface area contributed by atoms with Gasteiger partial charge in [0.25, 0.3) is 5.91 Å². The number of ketones is 1. The van der Waals surface area contributed by atoms with Crippen LogP contribution in [0.1, 0.15) is 124 Å². The third kappa shape index (κ3) is 16.7. The maximum Gasteiger partial charge on any atom is 0.333 e. The molecule has 0 spiro atoms. The lowest BCUT2D eigenvalue weighted by molar-refractivity contribution is -0.141. The normalized spacial score (nSPS) is 16.8. The summed E-state index contributed by atoms with van der Waals surface area (Å²) in [6.45, 7) is 7.97. The molecule has 4 aromatic carbocycles. The van der Waals surface area contributed by atoms with Gasteiger partial charge in [-0.15, -0.1) is 0 Å². The molecule has 0 saturated carbocycles. The fourth-order valence-electron chi connectivity index (χ4n) is 9.07. The second-order valence-electron chi connectivity index (χ2n) is 18.9. The zero-order valence-corrected chi connectivity index (χ0v) is 43.3. The smallest absolute Gasteiger partial charge is 0.333 e. The van der Waals surface area contributed by atoms with Gasteiger partial charge in [0.2, 0.25) is 17.7 Å². The maximum atomic E-state index is 14.8. The Labute approximate surface area is 430 Å². The monoisotopic (exact) mass is 1000 g/mol. The number of ether oxygens (including phenoxy) is 3. The second kappa shape index (κ2) is 29.2. The summed E-state index contributed by atoms with van der Waals surface area (Å²) in [5, 5.41) is 8.59. The van der Waals surface area contributed by atoms with E-state index in [9.17, 15) is 28.8 Å². The van der Waals surface area contributed by atoms with Crippen LogP contribution in [0.3, 0.4) is 0 Å². The van der Waals surface area contributed by atoms with Gasteiger partial charge in [0.1, 0.15) is 48.6 Å². The topological polar surface area (TPSA) is 247 Å². The number of amides is 4. The Morgan fingerprint density at radius 2 is 1.48 bits per heavy atom. The molecule has 394 valence electrons. The van der Waals surface area contributed by atoms with Crippen molar-refractivity contribution >= 4 is 35.4 Å². The number of nitrogens with zero attached hydrogens (tertiary/aromatic N) is 1. The first kappa shape index (κ1) is 57.3. The van der Waals surface area contributed by atoms with Crippen molar-refractivity contribution < 1.29 is 43.0 Å². The van der Waals surface area contributed by atoms with Gasteiger partial charge in [-0.3, -0.25) is 24.0 Å². The molecule has 1 heterocycles. The largest absolute Gasteiger partial charge is 0.492 e. The number of carbonyl (C=O) groups excluding carboxylic acids is 6. The van der Waals surface area contributed by atoms with Crippen LogP contribution in [0.5, 0.6) is 17.2 Å². The molecule has 5 atom stereocenters. The lowest BCUT2D eigenvalue weighted by Gasteiger charge is -2.32. The fraction of sp³-hybridized carbons (Fsp3) is 0.474. The average Bonchev–Trinajstić information content (AvgIpc) is 3.37. The summed E-state index contributed by atoms with van der Waals surface area (Å²) < 4.78 is 17.9. The summed E-state index contributed by atoms with van der Waals surface area (Å²) in [6, 6.07) is 20.5. The van der Waals surface area contributed by atoms with Gasteiger partial charge in [-0.25, -0.2) is 4.79 Å². The molecule has 16 heteroatoms. The predicted octanol–water partition coefficient (Wildman–Crippen LogP) is 6.41. The number of para-hydroxylation sites is 1. The number of carbonyl (C=O) groups is 6. The Bertz CT molecular complexity index is 2480. The van der Waals surface area contributed by atoms with Crippen LogP contribution in [0.2, 0.25) is 0 Å². The Morgan fingerprint density at radius 3 is 2.15 bits per heavy atom. The minimum absolute atomic E-state index is 0.0226. The molecule has 1 aliphatic rings. The van der Waals surface area contributed by atoms with Crippen LogP contribution in [0.15, 0.2) is 84.9 Å². The van der Waals surface area contributed by atoms with E-state index in [2.05, 4.69) is 22.9 Å². The van der Waals surface area contributed by atoms with Crippen LogP contribution in [0.25, 0.3) is 11.1 Å². The lowest BCUT2D eigenvalue weighted by atomic mass is 9.89. The fourth-order valence-corrected chi connectivity index (χ4v) is 9.07. The van der Waals surface area contributed by atoms with E-state index in [-0.39, 0.29) is 70.7 Å². The van der Waals surface area contributed by atoms with Crippen molar-refractivity contribution in [3.63, 3.8) is 0 Å². The predicted molar refractivity (Wildman–Crippen MR) is 283 cm³/mol. The molecule has 0 fully saturated rings. The highest BCUT2D eigenvalue weighted by Gasteiger charge is 2.36. The Hall–Kier alpha value is -6.62. The molecule has 9 N–H and O–H groups in total. The highest BCUT2D eigenvalue weighted by Crippen LogP contribution is 2.40. The molecule has 0 aromatic heterocycles. The third-order valence-electron chi connectivity index (χ3n) is 13.1. The highest BCUT2D eigenvalue weighted by molar-refractivity contribution is 6.00. The van der Waals surface area contributed by atoms with Gasteiger partial charge < -0.3 is 52.3 Å². The van der Waals surface area contributed by atoms with Crippen LogP contribution >= 0.6 is 0 Å². The third-order valence-corrected chi connectivity index (χ3v) is 13.1. The number of aryl methyl sites for hydroxylation is 2. The molecule has 0 saturated heterocycles. The number of fused-ring (bicyclic) bond motifs is 5. The van der Waals surface area contributed by atoms with Gasteiger partial charge in [0.05, 0.1) is 6.04 Å². The van der Waals surface area contributed by atoms with Crippen LogP contribution in [-0.2, 0) is 36.8 Å².